The Morgan fingerprint density at radius 2 is 2.23 bits per heavy atom. The van der Waals surface area contributed by atoms with Gasteiger partial charge in [-0.3, -0.25) is 0 Å². The van der Waals surface area contributed by atoms with Gasteiger partial charge < -0.3 is 9.84 Å². The first kappa shape index (κ1) is 16.9. The van der Waals surface area contributed by atoms with E-state index in [1.165, 1.54) is 6.07 Å². The van der Waals surface area contributed by atoms with Gasteiger partial charge in [-0.25, -0.2) is 14.1 Å². The zero-order chi connectivity index (χ0) is 16.1. The lowest BCUT2D eigenvalue weighted by molar-refractivity contribution is 0.142. The molecule has 22 heavy (non-hydrogen) atoms. The number of hydrogen-bond donors (Lipinski definition) is 1. The highest BCUT2D eigenvalue weighted by atomic mass is 35.5. The number of methoxy groups -OCH3 is 1. The molecule has 1 aromatic heterocycles. The van der Waals surface area contributed by atoms with Crippen molar-refractivity contribution in [2.24, 2.45) is 0 Å². The van der Waals surface area contributed by atoms with Crippen LogP contribution in [0.2, 0.25) is 5.02 Å². The van der Waals surface area contributed by atoms with Gasteiger partial charge in [-0.15, -0.1) is 0 Å². The first-order valence-electron chi connectivity index (χ1n) is 7.07. The number of aromatic nitrogens is 3. The zero-order valence-corrected chi connectivity index (χ0v) is 13.3. The first-order valence-corrected chi connectivity index (χ1v) is 7.45. The SMILES string of the molecule is CCC(O)Cn1nc(COC)nc1Cc1c(F)cccc1Cl. The molecule has 120 valence electrons. The van der Waals surface area contributed by atoms with E-state index in [2.05, 4.69) is 10.1 Å². The van der Waals surface area contributed by atoms with E-state index in [9.17, 15) is 9.50 Å². The van der Waals surface area contributed by atoms with E-state index >= 15 is 0 Å². The number of nitrogens with zero attached hydrogens (tertiary/aromatic N) is 3. The molecule has 1 aromatic carbocycles. The summed E-state index contributed by atoms with van der Waals surface area (Å²) in [6.07, 6.45) is 0.268. The molecule has 1 unspecified atom stereocenters. The van der Waals surface area contributed by atoms with Gasteiger partial charge in [-0.05, 0) is 18.6 Å². The maximum Gasteiger partial charge on any atom is 0.176 e. The Morgan fingerprint density at radius 3 is 2.86 bits per heavy atom. The molecule has 1 N–H and O–H groups in total. The van der Waals surface area contributed by atoms with E-state index in [4.69, 9.17) is 16.3 Å². The third-order valence-electron chi connectivity index (χ3n) is 3.32. The van der Waals surface area contributed by atoms with E-state index in [1.54, 1.807) is 23.9 Å². The molecule has 0 aliphatic carbocycles. The summed E-state index contributed by atoms with van der Waals surface area (Å²) in [6.45, 7) is 2.44. The number of hydrogen-bond acceptors (Lipinski definition) is 4. The van der Waals surface area contributed by atoms with Crippen molar-refractivity contribution in [2.75, 3.05) is 7.11 Å². The quantitative estimate of drug-likeness (QED) is 0.849. The monoisotopic (exact) mass is 327 g/mol. The van der Waals surface area contributed by atoms with Crippen LogP contribution in [-0.2, 0) is 24.3 Å². The van der Waals surface area contributed by atoms with Gasteiger partial charge in [0.05, 0.1) is 12.6 Å². The number of aliphatic hydroxyl groups excluding tert-OH is 1. The molecule has 0 bridgehead atoms. The van der Waals surface area contributed by atoms with Gasteiger partial charge in [0.15, 0.2) is 5.82 Å². The summed E-state index contributed by atoms with van der Waals surface area (Å²) in [6, 6.07) is 4.56. The zero-order valence-electron chi connectivity index (χ0n) is 12.6. The van der Waals surface area contributed by atoms with Crippen molar-refractivity contribution >= 4 is 11.6 Å². The lowest BCUT2D eigenvalue weighted by Gasteiger charge is -2.11. The summed E-state index contributed by atoms with van der Waals surface area (Å²) < 4.78 is 20.5. The molecular formula is C15H19ClFN3O2. The number of halogens is 2. The minimum atomic E-state index is -0.535. The molecule has 0 radical (unpaired) electrons. The maximum atomic E-state index is 13.9. The summed E-state index contributed by atoms with van der Waals surface area (Å²) in [7, 11) is 1.55. The Balaban J connectivity index is 2.31. The van der Waals surface area contributed by atoms with E-state index in [0.29, 0.717) is 35.2 Å². The Kier molecular flexibility index (Phi) is 5.88. The van der Waals surface area contributed by atoms with E-state index < -0.39 is 6.10 Å². The van der Waals surface area contributed by atoms with Crippen LogP contribution in [0.15, 0.2) is 18.2 Å². The fourth-order valence-corrected chi connectivity index (χ4v) is 2.31. The number of aliphatic hydroxyl groups is 1. The predicted octanol–water partition coefficient (Wildman–Crippen LogP) is 2.58. The summed E-state index contributed by atoms with van der Waals surface area (Å²) in [4.78, 5) is 4.36. The van der Waals surface area contributed by atoms with Crippen LogP contribution in [0, 0.1) is 5.82 Å². The Morgan fingerprint density at radius 1 is 1.45 bits per heavy atom. The van der Waals surface area contributed by atoms with Gasteiger partial charge in [0.1, 0.15) is 18.2 Å². The van der Waals surface area contributed by atoms with Gasteiger partial charge >= 0.3 is 0 Å². The van der Waals surface area contributed by atoms with Crippen molar-refractivity contribution in [3.05, 3.63) is 46.3 Å². The van der Waals surface area contributed by atoms with Crippen LogP contribution in [0.25, 0.3) is 0 Å². The maximum absolute atomic E-state index is 13.9. The minimum absolute atomic E-state index is 0.207. The number of ether oxygens (including phenoxy) is 1. The van der Waals surface area contributed by atoms with Crippen LogP contribution in [0.3, 0.4) is 0 Å². The third kappa shape index (κ3) is 4.03. The summed E-state index contributed by atoms with van der Waals surface area (Å²) in [5.41, 5.74) is 0.368. The normalized spacial score (nSPS) is 12.6. The van der Waals surface area contributed by atoms with Crippen LogP contribution < -0.4 is 0 Å². The van der Waals surface area contributed by atoms with E-state index in [0.717, 1.165) is 0 Å². The summed E-state index contributed by atoms with van der Waals surface area (Å²) in [5, 5.41) is 14.5. The Hall–Kier alpha value is -1.50. The predicted molar refractivity (Wildman–Crippen MR) is 81.2 cm³/mol. The second-order valence-electron chi connectivity index (χ2n) is 5.00. The largest absolute Gasteiger partial charge is 0.391 e. The molecule has 0 saturated carbocycles. The standard InChI is InChI=1S/C15H19ClFN3O2/c1-3-10(21)8-20-15(18-14(19-20)9-22-2)7-11-12(16)5-4-6-13(11)17/h4-6,10,21H,3,7-9H2,1-2H3. The topological polar surface area (TPSA) is 60.2 Å². The highest BCUT2D eigenvalue weighted by Crippen LogP contribution is 2.22. The Labute approximate surface area is 133 Å². The van der Waals surface area contributed by atoms with Crippen molar-refractivity contribution in [3.8, 4) is 0 Å². The van der Waals surface area contributed by atoms with Crippen LogP contribution >= 0.6 is 11.6 Å². The molecule has 7 heteroatoms. The lowest BCUT2D eigenvalue weighted by Crippen LogP contribution is -2.18. The first-order chi connectivity index (χ1) is 10.5. The molecule has 0 spiro atoms. The summed E-state index contributed by atoms with van der Waals surface area (Å²) >= 11 is 6.06. The van der Waals surface area contributed by atoms with Crippen molar-refractivity contribution in [1.29, 1.82) is 0 Å². The smallest absolute Gasteiger partial charge is 0.176 e. The molecule has 0 fully saturated rings. The molecule has 1 atom stereocenters. The average molecular weight is 328 g/mol. The van der Waals surface area contributed by atoms with Gasteiger partial charge in [0.25, 0.3) is 0 Å². The third-order valence-corrected chi connectivity index (χ3v) is 3.67. The number of benzene rings is 1. The molecule has 5 nitrogen and oxygen atoms in total. The molecule has 0 aliphatic rings. The second kappa shape index (κ2) is 7.67. The number of rotatable bonds is 7. The highest BCUT2D eigenvalue weighted by Gasteiger charge is 2.16. The van der Waals surface area contributed by atoms with Crippen LogP contribution in [0.4, 0.5) is 4.39 Å². The molecule has 2 aromatic rings. The molecule has 1 heterocycles. The van der Waals surface area contributed by atoms with Crippen molar-refractivity contribution in [3.63, 3.8) is 0 Å². The Bertz CT molecular complexity index is 613. The highest BCUT2D eigenvalue weighted by molar-refractivity contribution is 6.31. The van der Waals surface area contributed by atoms with E-state index in [1.807, 2.05) is 6.92 Å². The molecule has 2 rings (SSSR count). The second-order valence-corrected chi connectivity index (χ2v) is 5.41. The van der Waals surface area contributed by atoms with Crippen molar-refractivity contribution in [1.82, 2.24) is 14.8 Å². The fourth-order valence-electron chi connectivity index (χ4n) is 2.08. The minimum Gasteiger partial charge on any atom is -0.391 e. The fraction of sp³-hybridized carbons (Fsp3) is 0.467. The van der Waals surface area contributed by atoms with Gasteiger partial charge in [-0.1, -0.05) is 24.6 Å². The lowest BCUT2D eigenvalue weighted by atomic mass is 10.1. The molecular weight excluding hydrogens is 309 g/mol. The van der Waals surface area contributed by atoms with Gasteiger partial charge in [0.2, 0.25) is 0 Å². The molecule has 0 aliphatic heterocycles. The van der Waals surface area contributed by atoms with Gasteiger partial charge in [0, 0.05) is 24.1 Å². The average Bonchev–Trinajstić information content (AvgIpc) is 2.85. The van der Waals surface area contributed by atoms with Gasteiger partial charge in [-0.2, -0.15) is 5.10 Å². The summed E-state index contributed by atoms with van der Waals surface area (Å²) in [5.74, 6) is 0.659. The van der Waals surface area contributed by atoms with Crippen LogP contribution in [-0.4, -0.2) is 33.1 Å². The van der Waals surface area contributed by atoms with Crippen LogP contribution in [0.1, 0.15) is 30.6 Å². The van der Waals surface area contributed by atoms with E-state index in [-0.39, 0.29) is 18.8 Å². The molecule has 0 saturated heterocycles. The molecule has 0 amide bonds. The van der Waals surface area contributed by atoms with Crippen LogP contribution in [0.5, 0.6) is 0 Å². The van der Waals surface area contributed by atoms with Crippen molar-refractivity contribution in [2.45, 2.75) is 39.0 Å². The van der Waals surface area contributed by atoms with Crippen molar-refractivity contribution < 1.29 is 14.2 Å².